The second kappa shape index (κ2) is 7.87. The first-order valence-corrected chi connectivity index (χ1v) is 8.60. The summed E-state index contributed by atoms with van der Waals surface area (Å²) in [4.78, 5) is 27.1. The predicted molar refractivity (Wildman–Crippen MR) is 95.8 cm³/mol. The number of rotatable bonds is 7. The van der Waals surface area contributed by atoms with Crippen LogP contribution in [-0.2, 0) is 9.59 Å². The SMILES string of the molecule is Cc1cc(C)cc(OCCN(C)C(=O)CN2CCC(C)(C(=O)O)C2)c1. The molecule has 0 aromatic heterocycles. The molecule has 1 aliphatic rings. The van der Waals surface area contributed by atoms with Gasteiger partial charge in [-0.2, -0.15) is 0 Å². The van der Waals surface area contributed by atoms with Crippen LogP contribution in [0.25, 0.3) is 0 Å². The van der Waals surface area contributed by atoms with Gasteiger partial charge in [0.15, 0.2) is 0 Å². The van der Waals surface area contributed by atoms with E-state index in [1.807, 2.05) is 30.9 Å². The fourth-order valence-corrected chi connectivity index (χ4v) is 3.12. The molecule has 1 heterocycles. The van der Waals surface area contributed by atoms with E-state index in [4.69, 9.17) is 4.74 Å². The van der Waals surface area contributed by atoms with Gasteiger partial charge in [0, 0.05) is 13.6 Å². The summed E-state index contributed by atoms with van der Waals surface area (Å²) in [6.07, 6.45) is 0.579. The summed E-state index contributed by atoms with van der Waals surface area (Å²) in [6, 6.07) is 6.04. The van der Waals surface area contributed by atoms with E-state index >= 15 is 0 Å². The maximum absolute atomic E-state index is 12.3. The number of aliphatic carboxylic acids is 1. The Labute approximate surface area is 149 Å². The first-order chi connectivity index (χ1) is 11.7. The molecule has 0 radical (unpaired) electrons. The number of hydrogen-bond acceptors (Lipinski definition) is 4. The van der Waals surface area contributed by atoms with E-state index < -0.39 is 11.4 Å². The molecule has 0 saturated carbocycles. The van der Waals surface area contributed by atoms with Crippen molar-refractivity contribution < 1.29 is 19.4 Å². The van der Waals surface area contributed by atoms with Gasteiger partial charge in [-0.15, -0.1) is 0 Å². The van der Waals surface area contributed by atoms with Crippen LogP contribution in [0.15, 0.2) is 18.2 Å². The third-order valence-electron chi connectivity index (χ3n) is 4.74. The van der Waals surface area contributed by atoms with Crippen molar-refractivity contribution in [2.24, 2.45) is 5.41 Å². The highest BCUT2D eigenvalue weighted by atomic mass is 16.5. The van der Waals surface area contributed by atoms with Gasteiger partial charge in [0.2, 0.25) is 5.91 Å². The number of carboxylic acid groups (broad SMARTS) is 1. The molecule has 1 unspecified atom stereocenters. The largest absolute Gasteiger partial charge is 0.492 e. The molecule has 1 saturated heterocycles. The fraction of sp³-hybridized carbons (Fsp3) is 0.579. The van der Waals surface area contributed by atoms with Crippen LogP contribution in [0.3, 0.4) is 0 Å². The van der Waals surface area contributed by atoms with Gasteiger partial charge in [0.05, 0.1) is 18.5 Å². The molecule has 138 valence electrons. The van der Waals surface area contributed by atoms with Crippen LogP contribution in [0, 0.1) is 19.3 Å². The van der Waals surface area contributed by atoms with Crippen molar-refractivity contribution in [1.82, 2.24) is 9.80 Å². The average molecular weight is 348 g/mol. The van der Waals surface area contributed by atoms with E-state index in [0.29, 0.717) is 32.7 Å². The van der Waals surface area contributed by atoms with Gasteiger partial charge in [-0.25, -0.2) is 0 Å². The lowest BCUT2D eigenvalue weighted by molar-refractivity contribution is -0.147. The number of aryl methyl sites for hydroxylation is 2. The number of hydrogen-bond donors (Lipinski definition) is 1. The Bertz CT molecular complexity index is 626. The summed E-state index contributed by atoms with van der Waals surface area (Å²) in [5.74, 6) is 0.00595. The summed E-state index contributed by atoms with van der Waals surface area (Å²) in [5.41, 5.74) is 1.55. The highest BCUT2D eigenvalue weighted by Gasteiger charge is 2.40. The average Bonchev–Trinajstić information content (AvgIpc) is 2.88. The van der Waals surface area contributed by atoms with E-state index in [-0.39, 0.29) is 12.5 Å². The minimum absolute atomic E-state index is 0.0151. The molecule has 0 spiro atoms. The molecular formula is C19H28N2O4. The highest BCUT2D eigenvalue weighted by molar-refractivity contribution is 5.79. The first kappa shape index (κ1) is 19.2. The van der Waals surface area contributed by atoms with Crippen LogP contribution in [0.1, 0.15) is 24.5 Å². The Kier molecular flexibility index (Phi) is 6.06. The Morgan fingerprint density at radius 2 is 1.92 bits per heavy atom. The summed E-state index contributed by atoms with van der Waals surface area (Å²) < 4.78 is 5.74. The monoisotopic (exact) mass is 348 g/mol. The molecule has 1 atom stereocenters. The smallest absolute Gasteiger partial charge is 0.310 e. The number of carboxylic acids is 1. The van der Waals surface area contributed by atoms with Crippen molar-refractivity contribution in [3.8, 4) is 5.75 Å². The molecule has 0 bridgehead atoms. The zero-order valence-electron chi connectivity index (χ0n) is 15.5. The Hall–Kier alpha value is -2.08. The molecule has 6 heteroatoms. The molecule has 1 aromatic carbocycles. The van der Waals surface area contributed by atoms with Crippen molar-refractivity contribution >= 4 is 11.9 Å². The minimum atomic E-state index is -0.794. The maximum Gasteiger partial charge on any atom is 0.310 e. The molecular weight excluding hydrogens is 320 g/mol. The highest BCUT2D eigenvalue weighted by Crippen LogP contribution is 2.29. The lowest BCUT2D eigenvalue weighted by Crippen LogP contribution is -2.40. The van der Waals surface area contributed by atoms with Crippen LogP contribution in [0.5, 0.6) is 5.75 Å². The maximum atomic E-state index is 12.3. The molecule has 1 aliphatic heterocycles. The van der Waals surface area contributed by atoms with Crippen molar-refractivity contribution in [2.45, 2.75) is 27.2 Å². The van der Waals surface area contributed by atoms with Crippen LogP contribution in [0.2, 0.25) is 0 Å². The molecule has 1 aromatic rings. The van der Waals surface area contributed by atoms with Gasteiger partial charge in [0.25, 0.3) is 0 Å². The molecule has 0 aliphatic carbocycles. The van der Waals surface area contributed by atoms with E-state index in [2.05, 4.69) is 6.07 Å². The number of carbonyl (C=O) groups excluding carboxylic acids is 1. The lowest BCUT2D eigenvalue weighted by atomic mass is 9.90. The number of nitrogens with zero attached hydrogens (tertiary/aromatic N) is 2. The van der Waals surface area contributed by atoms with E-state index in [0.717, 1.165) is 16.9 Å². The number of ether oxygens (including phenoxy) is 1. The molecule has 6 nitrogen and oxygen atoms in total. The third-order valence-corrected chi connectivity index (χ3v) is 4.74. The topological polar surface area (TPSA) is 70.1 Å². The molecule has 1 amide bonds. The predicted octanol–water partition coefficient (Wildman–Crippen LogP) is 1.94. The van der Waals surface area contributed by atoms with Crippen LogP contribution < -0.4 is 4.74 Å². The van der Waals surface area contributed by atoms with Crippen molar-refractivity contribution in [1.29, 1.82) is 0 Å². The second-order valence-corrected chi connectivity index (χ2v) is 7.31. The lowest BCUT2D eigenvalue weighted by Gasteiger charge is -2.23. The molecule has 25 heavy (non-hydrogen) atoms. The summed E-state index contributed by atoms with van der Waals surface area (Å²) in [6.45, 7) is 8.02. The molecule has 2 rings (SSSR count). The van der Waals surface area contributed by atoms with Gasteiger partial charge in [0.1, 0.15) is 12.4 Å². The van der Waals surface area contributed by atoms with Gasteiger partial charge < -0.3 is 14.7 Å². The Morgan fingerprint density at radius 3 is 2.48 bits per heavy atom. The molecule has 1 N–H and O–H groups in total. The number of amides is 1. The molecule has 1 fully saturated rings. The summed E-state index contributed by atoms with van der Waals surface area (Å²) in [5, 5.41) is 9.26. The fourth-order valence-electron chi connectivity index (χ4n) is 3.12. The summed E-state index contributed by atoms with van der Waals surface area (Å²) in [7, 11) is 1.75. The van der Waals surface area contributed by atoms with Crippen LogP contribution in [0.4, 0.5) is 0 Å². The van der Waals surface area contributed by atoms with Crippen molar-refractivity contribution in [3.05, 3.63) is 29.3 Å². The normalized spacial score (nSPS) is 20.5. The van der Waals surface area contributed by atoms with Gasteiger partial charge in [-0.1, -0.05) is 6.07 Å². The number of likely N-dealkylation sites (tertiary alicyclic amines) is 1. The van der Waals surface area contributed by atoms with E-state index in [1.54, 1.807) is 18.9 Å². The number of likely N-dealkylation sites (N-methyl/N-ethyl adjacent to an activating group) is 1. The standard InChI is InChI=1S/C19H28N2O4/c1-14-9-15(2)11-16(10-14)25-8-7-20(4)17(22)12-21-6-5-19(3,13-21)18(23)24/h9-11H,5-8,12-13H2,1-4H3,(H,23,24). The van der Waals surface area contributed by atoms with Crippen LogP contribution >= 0.6 is 0 Å². The third kappa shape index (κ3) is 5.19. The van der Waals surface area contributed by atoms with Crippen LogP contribution in [-0.4, -0.2) is 66.6 Å². The number of carbonyl (C=O) groups is 2. The Balaban J connectivity index is 1.76. The minimum Gasteiger partial charge on any atom is -0.492 e. The zero-order chi connectivity index (χ0) is 18.6. The number of benzene rings is 1. The first-order valence-electron chi connectivity index (χ1n) is 8.60. The summed E-state index contributed by atoms with van der Waals surface area (Å²) >= 11 is 0. The zero-order valence-corrected chi connectivity index (χ0v) is 15.5. The second-order valence-electron chi connectivity index (χ2n) is 7.31. The van der Waals surface area contributed by atoms with E-state index in [9.17, 15) is 14.7 Å². The van der Waals surface area contributed by atoms with Gasteiger partial charge in [-0.05, 0) is 57.0 Å². The quantitative estimate of drug-likeness (QED) is 0.815. The van der Waals surface area contributed by atoms with Gasteiger partial charge >= 0.3 is 5.97 Å². The van der Waals surface area contributed by atoms with E-state index in [1.165, 1.54) is 0 Å². The van der Waals surface area contributed by atoms with Gasteiger partial charge in [-0.3, -0.25) is 14.5 Å². The van der Waals surface area contributed by atoms with Crippen molar-refractivity contribution in [2.75, 3.05) is 39.8 Å². The van der Waals surface area contributed by atoms with Crippen molar-refractivity contribution in [3.63, 3.8) is 0 Å². The Morgan fingerprint density at radius 1 is 1.28 bits per heavy atom.